The summed E-state index contributed by atoms with van der Waals surface area (Å²) in [4.78, 5) is 18.4. The maximum atomic E-state index is 12.1. The molecule has 24 heavy (non-hydrogen) atoms. The molecule has 2 rings (SSSR count). The molecular weight excluding hydrogens is 324 g/mol. The molecule has 128 valence electrons. The van der Waals surface area contributed by atoms with Crippen molar-refractivity contribution in [1.29, 1.82) is 5.26 Å². The van der Waals surface area contributed by atoms with Crippen LogP contribution < -0.4 is 10.1 Å². The van der Waals surface area contributed by atoms with Crippen molar-refractivity contribution >= 4 is 28.5 Å². The Morgan fingerprint density at radius 1 is 1.38 bits per heavy atom. The van der Waals surface area contributed by atoms with Crippen LogP contribution in [-0.4, -0.2) is 41.9 Å². The number of nitriles is 1. The topological polar surface area (TPSA) is 77.7 Å². The first kappa shape index (κ1) is 18.1. The Morgan fingerprint density at radius 3 is 2.54 bits per heavy atom. The van der Waals surface area contributed by atoms with Crippen molar-refractivity contribution in [3.05, 3.63) is 23.3 Å². The van der Waals surface area contributed by atoms with Gasteiger partial charge in [0.05, 0.1) is 5.69 Å². The minimum atomic E-state index is 0.0382. The number of benzene rings is 1. The molecule has 0 aromatic heterocycles. The minimum Gasteiger partial charge on any atom is -0.483 e. The van der Waals surface area contributed by atoms with Gasteiger partial charge in [0.15, 0.2) is 18.0 Å². The van der Waals surface area contributed by atoms with Crippen molar-refractivity contribution in [3.8, 4) is 11.9 Å². The van der Waals surface area contributed by atoms with E-state index in [1.165, 1.54) is 11.8 Å². The first-order chi connectivity index (χ1) is 11.5. The van der Waals surface area contributed by atoms with Gasteiger partial charge in [-0.15, -0.1) is 0 Å². The lowest BCUT2D eigenvalue weighted by Gasteiger charge is -2.17. The fraction of sp³-hybridized carbons (Fsp3) is 0.471. The highest BCUT2D eigenvalue weighted by Crippen LogP contribution is 2.29. The number of thioether (sulfide) groups is 1. The van der Waals surface area contributed by atoms with Crippen molar-refractivity contribution in [2.45, 2.75) is 26.7 Å². The first-order valence-electron chi connectivity index (χ1n) is 7.84. The van der Waals surface area contributed by atoms with Gasteiger partial charge in [-0.25, -0.2) is 4.99 Å². The number of rotatable bonds is 4. The van der Waals surface area contributed by atoms with Crippen LogP contribution in [0.1, 0.15) is 24.0 Å². The summed E-state index contributed by atoms with van der Waals surface area (Å²) >= 11 is 1.37. The molecule has 1 heterocycles. The van der Waals surface area contributed by atoms with Crippen LogP contribution in [0, 0.1) is 25.3 Å². The summed E-state index contributed by atoms with van der Waals surface area (Å²) in [6.07, 6.45) is 5.87. The molecule has 1 aliphatic heterocycles. The predicted octanol–water partition coefficient (Wildman–Crippen LogP) is 2.73. The first-order valence-corrected chi connectivity index (χ1v) is 9.07. The molecule has 1 amide bonds. The van der Waals surface area contributed by atoms with Gasteiger partial charge >= 0.3 is 0 Å². The third kappa shape index (κ3) is 4.65. The molecule has 1 aromatic carbocycles. The molecule has 1 saturated heterocycles. The molecule has 0 bridgehead atoms. The molecule has 0 saturated carbocycles. The highest BCUT2D eigenvalue weighted by Gasteiger charge is 2.19. The zero-order chi connectivity index (χ0) is 17.5. The number of amides is 1. The summed E-state index contributed by atoms with van der Waals surface area (Å²) < 4.78 is 5.76. The second-order valence-electron chi connectivity index (χ2n) is 5.64. The van der Waals surface area contributed by atoms with E-state index < -0.39 is 0 Å². The van der Waals surface area contributed by atoms with E-state index in [0.29, 0.717) is 5.17 Å². The highest BCUT2D eigenvalue weighted by atomic mass is 32.2. The number of aryl methyl sites for hydroxylation is 2. The summed E-state index contributed by atoms with van der Waals surface area (Å²) in [7, 11) is 0. The third-order valence-corrected chi connectivity index (χ3v) is 4.41. The molecule has 0 spiro atoms. The van der Waals surface area contributed by atoms with E-state index >= 15 is 0 Å². The summed E-state index contributed by atoms with van der Waals surface area (Å²) in [6.45, 7) is 5.58. The van der Waals surface area contributed by atoms with Crippen molar-refractivity contribution < 1.29 is 9.53 Å². The van der Waals surface area contributed by atoms with Gasteiger partial charge in [0.1, 0.15) is 5.75 Å². The summed E-state index contributed by atoms with van der Waals surface area (Å²) in [5, 5.41) is 11.8. The summed E-state index contributed by atoms with van der Waals surface area (Å²) in [5.74, 6) is 0.761. The Kier molecular flexibility index (Phi) is 6.50. The van der Waals surface area contributed by atoms with E-state index in [2.05, 4.69) is 10.3 Å². The standard InChI is InChI=1S/C17H22N4O2S/c1-12-8-14(20-17(24-3)19-11-18)9-13(2)16(12)23-10-15(22)21-6-4-5-7-21/h8-9H,4-7,10H2,1-3H3,(H,19,20). The maximum absolute atomic E-state index is 12.1. The average Bonchev–Trinajstić information content (AvgIpc) is 3.08. The molecule has 1 N–H and O–H groups in total. The third-order valence-electron chi connectivity index (χ3n) is 3.83. The van der Waals surface area contributed by atoms with Crippen molar-refractivity contribution in [2.75, 3.05) is 26.0 Å². The Balaban J connectivity index is 2.09. The molecule has 1 aromatic rings. The number of likely N-dealkylation sites (tertiary alicyclic amines) is 1. The largest absolute Gasteiger partial charge is 0.483 e. The molecular formula is C17H22N4O2S. The van der Waals surface area contributed by atoms with E-state index in [4.69, 9.17) is 10.00 Å². The lowest BCUT2D eigenvalue weighted by atomic mass is 10.1. The fourth-order valence-electron chi connectivity index (χ4n) is 2.70. The van der Waals surface area contributed by atoms with Crippen molar-refractivity contribution in [1.82, 2.24) is 10.2 Å². The predicted molar refractivity (Wildman–Crippen MR) is 96.6 cm³/mol. The Hall–Kier alpha value is -2.20. The lowest BCUT2D eigenvalue weighted by molar-refractivity contribution is -0.132. The summed E-state index contributed by atoms with van der Waals surface area (Å²) in [5.41, 5.74) is 2.58. The number of hydrogen-bond acceptors (Lipinski definition) is 5. The van der Waals surface area contributed by atoms with Crippen LogP contribution in [-0.2, 0) is 4.79 Å². The second kappa shape index (κ2) is 8.60. The fourth-order valence-corrected chi connectivity index (χ4v) is 3.05. The number of amidine groups is 1. The van der Waals surface area contributed by atoms with Crippen LogP contribution in [0.25, 0.3) is 0 Å². The number of aliphatic imine (C=N–C) groups is 1. The van der Waals surface area contributed by atoms with Gasteiger partial charge in [0.25, 0.3) is 5.91 Å². The van der Waals surface area contributed by atoms with E-state index in [1.807, 2.05) is 43.3 Å². The average molecular weight is 346 g/mol. The molecule has 1 fully saturated rings. The molecule has 0 atom stereocenters. The number of carbonyl (C=O) groups excluding carboxylic acids is 1. The van der Waals surface area contributed by atoms with E-state index in [9.17, 15) is 4.79 Å². The minimum absolute atomic E-state index is 0.0382. The zero-order valence-corrected chi connectivity index (χ0v) is 15.1. The monoisotopic (exact) mass is 346 g/mol. The van der Waals surface area contributed by atoms with Crippen molar-refractivity contribution in [2.24, 2.45) is 4.99 Å². The number of hydrogen-bond donors (Lipinski definition) is 1. The van der Waals surface area contributed by atoms with E-state index in [-0.39, 0.29) is 12.5 Å². The van der Waals surface area contributed by atoms with Crippen molar-refractivity contribution in [3.63, 3.8) is 0 Å². The normalized spacial score (nSPS) is 14.4. The van der Waals surface area contributed by atoms with Crippen LogP contribution in [0.5, 0.6) is 5.75 Å². The van der Waals surface area contributed by atoms with Crippen LogP contribution in [0.15, 0.2) is 17.1 Å². The Labute approximate surface area is 146 Å². The Morgan fingerprint density at radius 2 is 2.00 bits per heavy atom. The van der Waals surface area contributed by atoms with Gasteiger partial charge in [-0.2, -0.15) is 5.26 Å². The number of nitrogens with zero attached hydrogens (tertiary/aromatic N) is 3. The smallest absolute Gasteiger partial charge is 0.260 e. The number of ether oxygens (including phenoxy) is 1. The van der Waals surface area contributed by atoms with Gasteiger partial charge in [-0.05, 0) is 56.2 Å². The van der Waals surface area contributed by atoms with Gasteiger partial charge in [-0.3, -0.25) is 10.1 Å². The summed E-state index contributed by atoms with van der Waals surface area (Å²) in [6, 6.07) is 3.77. The SMILES string of the molecule is CSC(=Nc1cc(C)c(OCC(=O)N2CCCC2)c(C)c1)NC#N. The highest BCUT2D eigenvalue weighted by molar-refractivity contribution is 8.13. The quantitative estimate of drug-likeness (QED) is 0.392. The molecule has 0 radical (unpaired) electrons. The lowest BCUT2D eigenvalue weighted by Crippen LogP contribution is -2.32. The number of carbonyl (C=O) groups is 1. The van der Waals surface area contributed by atoms with Crippen LogP contribution >= 0.6 is 11.8 Å². The molecule has 0 unspecified atom stereocenters. The molecule has 0 aliphatic carbocycles. The van der Waals surface area contributed by atoms with Gasteiger partial charge in [0, 0.05) is 13.1 Å². The van der Waals surface area contributed by atoms with Gasteiger partial charge in [0.2, 0.25) is 0 Å². The maximum Gasteiger partial charge on any atom is 0.260 e. The number of nitrogens with one attached hydrogen (secondary N) is 1. The van der Waals surface area contributed by atoms with Crippen LogP contribution in [0.2, 0.25) is 0 Å². The second-order valence-corrected chi connectivity index (χ2v) is 6.44. The van der Waals surface area contributed by atoms with E-state index in [1.54, 1.807) is 0 Å². The van der Waals surface area contributed by atoms with Crippen LogP contribution in [0.3, 0.4) is 0 Å². The van der Waals surface area contributed by atoms with E-state index in [0.717, 1.165) is 48.5 Å². The Bertz CT molecular complexity index is 653. The molecule has 6 nitrogen and oxygen atoms in total. The van der Waals surface area contributed by atoms with Gasteiger partial charge in [-0.1, -0.05) is 11.8 Å². The zero-order valence-electron chi connectivity index (χ0n) is 14.3. The molecule has 7 heteroatoms. The van der Waals surface area contributed by atoms with Gasteiger partial charge < -0.3 is 9.64 Å². The van der Waals surface area contributed by atoms with Crippen LogP contribution in [0.4, 0.5) is 5.69 Å². The molecule has 1 aliphatic rings.